The molecule has 0 saturated heterocycles. The molecule has 210 valence electrons. The molecule has 3 aliphatic carbocycles. The van der Waals surface area contributed by atoms with Crippen LogP contribution in [0.4, 0.5) is 17.6 Å². The van der Waals surface area contributed by atoms with Crippen LogP contribution in [0.3, 0.4) is 0 Å². The lowest BCUT2D eigenvalue weighted by molar-refractivity contribution is -0.142. The summed E-state index contributed by atoms with van der Waals surface area (Å²) in [4.78, 5) is 14.1. The highest BCUT2D eigenvalue weighted by atomic mass is 32.1. The molecule has 2 heterocycles. The molecule has 38 heavy (non-hydrogen) atoms. The van der Waals surface area contributed by atoms with Gasteiger partial charge in [0.2, 0.25) is 5.91 Å². The van der Waals surface area contributed by atoms with Crippen LogP contribution < -0.4 is 10.1 Å². The van der Waals surface area contributed by atoms with Crippen LogP contribution in [-0.2, 0) is 24.6 Å². The summed E-state index contributed by atoms with van der Waals surface area (Å²) in [6, 6.07) is 0.00602. The van der Waals surface area contributed by atoms with Gasteiger partial charge in [0, 0.05) is 48.9 Å². The Morgan fingerprint density at radius 2 is 1.92 bits per heavy atom. The van der Waals surface area contributed by atoms with Crippen molar-refractivity contribution in [1.29, 1.82) is 5.41 Å². The maximum atomic E-state index is 14.1. The Balaban J connectivity index is 1.37. The van der Waals surface area contributed by atoms with Crippen LogP contribution in [0.15, 0.2) is 17.8 Å². The summed E-state index contributed by atoms with van der Waals surface area (Å²) < 4.78 is 58.7. The van der Waals surface area contributed by atoms with Crippen LogP contribution in [0, 0.1) is 35.0 Å². The van der Waals surface area contributed by atoms with Gasteiger partial charge in [0.15, 0.2) is 10.5 Å². The Kier molecular flexibility index (Phi) is 7.77. The van der Waals surface area contributed by atoms with Gasteiger partial charge in [0.05, 0.1) is 0 Å². The van der Waals surface area contributed by atoms with Crippen molar-refractivity contribution in [1.82, 2.24) is 19.7 Å². The van der Waals surface area contributed by atoms with E-state index in [2.05, 4.69) is 10.4 Å². The molecule has 3 aliphatic rings. The maximum Gasteiger partial charge on any atom is 0.435 e. The van der Waals surface area contributed by atoms with Gasteiger partial charge in [-0.3, -0.25) is 14.9 Å². The first-order chi connectivity index (χ1) is 18.0. The molecular formula is C27H37F4N5OS. The summed E-state index contributed by atoms with van der Waals surface area (Å²) in [5.41, 5.74) is -0.722. The monoisotopic (exact) mass is 555 g/mol. The molecule has 3 fully saturated rings. The largest absolute Gasteiger partial charge is 0.435 e. The quantitative estimate of drug-likeness (QED) is 0.433. The number of nitrogens with one attached hydrogen (secondary N) is 2. The molecule has 0 aromatic carbocycles. The van der Waals surface area contributed by atoms with E-state index in [4.69, 9.17) is 5.41 Å². The molecule has 6 nitrogen and oxygen atoms in total. The smallest absolute Gasteiger partial charge is 0.353 e. The fourth-order valence-electron chi connectivity index (χ4n) is 6.89. The number of thiazole rings is 1. The van der Waals surface area contributed by atoms with Gasteiger partial charge in [-0.25, -0.2) is 4.39 Å². The van der Waals surface area contributed by atoms with E-state index in [0.29, 0.717) is 42.9 Å². The minimum atomic E-state index is -4.57. The highest BCUT2D eigenvalue weighted by Crippen LogP contribution is 2.46. The van der Waals surface area contributed by atoms with Crippen molar-refractivity contribution in [2.45, 2.75) is 89.1 Å². The normalized spacial score (nSPS) is 31.2. The Morgan fingerprint density at radius 3 is 2.55 bits per heavy atom. The lowest BCUT2D eigenvalue weighted by atomic mass is 9.71. The highest BCUT2D eigenvalue weighted by molar-refractivity contribution is 7.06. The van der Waals surface area contributed by atoms with E-state index in [0.717, 1.165) is 25.7 Å². The third-order valence-corrected chi connectivity index (χ3v) is 9.64. The number of halogens is 4. The zero-order valence-electron chi connectivity index (χ0n) is 21.9. The lowest BCUT2D eigenvalue weighted by Gasteiger charge is -2.38. The van der Waals surface area contributed by atoms with Gasteiger partial charge in [0.1, 0.15) is 6.17 Å². The van der Waals surface area contributed by atoms with Crippen molar-refractivity contribution in [3.05, 3.63) is 33.8 Å². The number of amides is 1. The van der Waals surface area contributed by atoms with Crippen molar-refractivity contribution < 1.29 is 22.4 Å². The lowest BCUT2D eigenvalue weighted by Crippen LogP contribution is -2.48. The number of aromatic nitrogens is 3. The Bertz CT molecular complexity index is 1180. The van der Waals surface area contributed by atoms with Crippen molar-refractivity contribution in [2.75, 3.05) is 0 Å². The molecule has 2 N–H and O–H groups in total. The number of alkyl halides is 4. The third kappa shape index (κ3) is 6.02. The average Bonchev–Trinajstić information content (AvgIpc) is 3.50. The summed E-state index contributed by atoms with van der Waals surface area (Å²) in [6.45, 7) is 2.43. The first-order valence-corrected chi connectivity index (χ1v) is 14.6. The van der Waals surface area contributed by atoms with Crippen molar-refractivity contribution in [2.24, 2.45) is 36.6 Å². The van der Waals surface area contributed by atoms with E-state index in [1.807, 2.05) is 23.1 Å². The first-order valence-electron chi connectivity index (χ1n) is 13.7. The molecule has 5 rings (SSSR count). The van der Waals surface area contributed by atoms with Crippen LogP contribution >= 0.6 is 11.3 Å². The minimum absolute atomic E-state index is 0.00602. The third-order valence-electron chi connectivity index (χ3n) is 8.93. The molecule has 2 aromatic rings. The van der Waals surface area contributed by atoms with Crippen LogP contribution in [0.25, 0.3) is 0 Å². The predicted molar refractivity (Wildman–Crippen MR) is 136 cm³/mol. The number of carbonyl (C=O) groups excluding carboxylic acids is 1. The maximum absolute atomic E-state index is 14.1. The molecule has 0 radical (unpaired) electrons. The molecular weight excluding hydrogens is 518 g/mol. The molecule has 0 aliphatic heterocycles. The van der Waals surface area contributed by atoms with E-state index < -0.39 is 29.9 Å². The number of nitrogens with zero attached hydrogens (tertiary/aromatic N) is 3. The SMILES string of the molecule is CC1CC([C@@H](NC(=O)C2CC(Cn3ccsc3=N)CC(c3cn(C)nc3C(F)(F)F)C2)C2CC2)CCC1F. The molecule has 7 atom stereocenters. The molecule has 11 heteroatoms. The Labute approximate surface area is 224 Å². The summed E-state index contributed by atoms with van der Waals surface area (Å²) in [7, 11) is 1.49. The minimum Gasteiger partial charge on any atom is -0.353 e. The second-order valence-corrected chi connectivity index (χ2v) is 12.8. The number of hydrogen-bond donors (Lipinski definition) is 2. The zero-order chi connectivity index (χ0) is 27.2. The van der Waals surface area contributed by atoms with Crippen LogP contribution in [0.1, 0.15) is 75.5 Å². The average molecular weight is 556 g/mol. The molecule has 0 spiro atoms. The fraction of sp³-hybridized carbons (Fsp3) is 0.741. The van der Waals surface area contributed by atoms with Crippen LogP contribution in [0.5, 0.6) is 0 Å². The van der Waals surface area contributed by atoms with Crippen molar-refractivity contribution >= 4 is 17.2 Å². The van der Waals surface area contributed by atoms with E-state index in [-0.39, 0.29) is 35.3 Å². The summed E-state index contributed by atoms with van der Waals surface area (Å²) in [5, 5.41) is 17.0. The number of carbonyl (C=O) groups is 1. The molecule has 6 unspecified atom stereocenters. The second-order valence-electron chi connectivity index (χ2n) is 11.9. The summed E-state index contributed by atoms with van der Waals surface area (Å²) >= 11 is 1.30. The molecule has 1 amide bonds. The van der Waals surface area contributed by atoms with Crippen molar-refractivity contribution in [3.63, 3.8) is 0 Å². The van der Waals surface area contributed by atoms with Gasteiger partial charge in [-0.2, -0.15) is 18.3 Å². The summed E-state index contributed by atoms with van der Waals surface area (Å²) in [5.74, 6) is -0.394. The predicted octanol–water partition coefficient (Wildman–Crippen LogP) is 5.65. The van der Waals surface area contributed by atoms with Crippen molar-refractivity contribution in [3.8, 4) is 0 Å². The molecule has 2 aromatic heterocycles. The van der Waals surface area contributed by atoms with Gasteiger partial charge >= 0.3 is 6.18 Å². The Hall–Kier alpha value is -2.17. The zero-order valence-corrected chi connectivity index (χ0v) is 22.7. The topological polar surface area (TPSA) is 75.7 Å². The molecule has 0 bridgehead atoms. The van der Waals surface area contributed by atoms with Gasteiger partial charge < -0.3 is 9.88 Å². The number of hydrogen-bond acceptors (Lipinski definition) is 4. The molecule has 3 saturated carbocycles. The standard InChI is InChI=1S/C27H37F4N5OS/c1-15-9-18(5-6-22(15)28)23(17-3-4-17)33-25(37)20-11-16(13-36-7-8-38-26(36)32)10-19(12-20)21-14-35(2)34-24(21)27(29,30)31/h7-8,14-20,22-23,32H,3-6,9-13H2,1-2H3,(H,33,37)/t15?,16?,18?,19?,20?,22?,23-/m0/s1. The van der Waals surface area contributed by atoms with Gasteiger partial charge in [-0.15, -0.1) is 11.3 Å². The number of aryl methyl sites for hydroxylation is 1. The van der Waals surface area contributed by atoms with E-state index in [9.17, 15) is 22.4 Å². The van der Waals surface area contributed by atoms with E-state index in [1.54, 1.807) is 0 Å². The fourth-order valence-corrected chi connectivity index (χ4v) is 7.50. The van der Waals surface area contributed by atoms with Gasteiger partial charge in [0.25, 0.3) is 0 Å². The van der Waals surface area contributed by atoms with Gasteiger partial charge in [-0.05, 0) is 81.0 Å². The second kappa shape index (κ2) is 10.8. The van der Waals surface area contributed by atoms with E-state index >= 15 is 0 Å². The first kappa shape index (κ1) is 27.4. The highest BCUT2D eigenvalue weighted by Gasteiger charge is 2.44. The Morgan fingerprint density at radius 1 is 1.18 bits per heavy atom. The van der Waals surface area contributed by atoms with Crippen LogP contribution in [0.2, 0.25) is 0 Å². The van der Waals surface area contributed by atoms with Gasteiger partial charge in [-0.1, -0.05) is 6.92 Å². The van der Waals surface area contributed by atoms with Crippen LogP contribution in [-0.4, -0.2) is 32.5 Å². The summed E-state index contributed by atoms with van der Waals surface area (Å²) in [6.07, 6.45) is 3.46. The number of rotatable bonds is 7. The van der Waals surface area contributed by atoms with E-state index in [1.165, 1.54) is 29.3 Å².